The van der Waals surface area contributed by atoms with Crippen molar-refractivity contribution >= 4 is 5.78 Å². The number of carbonyl (C=O) groups excluding carboxylic acids is 1. The molecule has 0 aliphatic carbocycles. The molecule has 1 saturated heterocycles. The second-order valence-electron chi connectivity index (χ2n) is 4.26. The van der Waals surface area contributed by atoms with Crippen LogP contribution in [0.4, 0.5) is 0 Å². The van der Waals surface area contributed by atoms with Crippen LogP contribution in [-0.4, -0.2) is 18.0 Å². The highest BCUT2D eigenvalue weighted by Gasteiger charge is 2.38. The van der Waals surface area contributed by atoms with Crippen molar-refractivity contribution in [3.63, 3.8) is 0 Å². The Morgan fingerprint density at radius 2 is 2.07 bits per heavy atom. The van der Waals surface area contributed by atoms with E-state index in [1.54, 1.807) is 6.92 Å². The molecule has 0 radical (unpaired) electrons. The highest BCUT2D eigenvalue weighted by molar-refractivity contribution is 5.75. The molecule has 14 heavy (non-hydrogen) atoms. The molecule has 2 heteroatoms. The molecule has 0 aromatic carbocycles. The molecule has 1 aliphatic heterocycles. The molecule has 0 aromatic rings. The monoisotopic (exact) mass is 196 g/mol. The minimum atomic E-state index is 0.133. The molecule has 0 aromatic heterocycles. The van der Waals surface area contributed by atoms with E-state index in [0.717, 1.165) is 0 Å². The highest BCUT2D eigenvalue weighted by Crippen LogP contribution is 2.35. The average Bonchev–Trinajstić information content (AvgIpc) is 2.33. The Hall–Kier alpha value is -0.630. The van der Waals surface area contributed by atoms with Gasteiger partial charge in [0.1, 0.15) is 5.78 Å². The second-order valence-corrected chi connectivity index (χ2v) is 4.26. The van der Waals surface area contributed by atoms with Crippen LogP contribution < -0.4 is 0 Å². The fourth-order valence-corrected chi connectivity index (χ4v) is 2.13. The summed E-state index contributed by atoms with van der Waals surface area (Å²) >= 11 is 0. The summed E-state index contributed by atoms with van der Waals surface area (Å²) in [5.41, 5.74) is 0. The summed E-state index contributed by atoms with van der Waals surface area (Å²) in [6, 6.07) is 0. The van der Waals surface area contributed by atoms with Crippen molar-refractivity contribution in [1.82, 2.24) is 0 Å². The van der Waals surface area contributed by atoms with Gasteiger partial charge in [-0.05, 0) is 26.7 Å². The van der Waals surface area contributed by atoms with Gasteiger partial charge in [-0.15, -0.1) is 0 Å². The topological polar surface area (TPSA) is 26.3 Å². The normalized spacial score (nSPS) is 38.0. The lowest BCUT2D eigenvalue weighted by Crippen LogP contribution is -2.20. The lowest BCUT2D eigenvalue weighted by Gasteiger charge is -2.16. The predicted molar refractivity (Wildman–Crippen MR) is 57.1 cm³/mol. The van der Waals surface area contributed by atoms with Crippen molar-refractivity contribution < 1.29 is 9.53 Å². The van der Waals surface area contributed by atoms with Gasteiger partial charge in [-0.3, -0.25) is 0 Å². The maximum Gasteiger partial charge on any atom is 0.130 e. The number of ether oxygens (including phenoxy) is 1. The quantitative estimate of drug-likeness (QED) is 0.648. The van der Waals surface area contributed by atoms with Gasteiger partial charge in [0.2, 0.25) is 0 Å². The summed E-state index contributed by atoms with van der Waals surface area (Å²) in [5.74, 6) is 1.09. The Kier molecular flexibility index (Phi) is 3.87. The van der Waals surface area contributed by atoms with Gasteiger partial charge in [0.15, 0.2) is 0 Å². The Bertz CT molecular complexity index is 232. The van der Waals surface area contributed by atoms with Gasteiger partial charge >= 0.3 is 0 Å². The van der Waals surface area contributed by atoms with Crippen molar-refractivity contribution in [2.24, 2.45) is 11.8 Å². The standard InChI is InChI=1S/C12H20O2/c1-5-6-12-11(7-8(2)13)9(3)10(4)14-12/h5-6,9-12H,7H2,1-4H3/b6-5+/t9-,10+,11-,12+/m0/s1. The molecule has 1 aliphatic rings. The molecule has 1 rings (SSSR count). The largest absolute Gasteiger partial charge is 0.371 e. The number of carbonyl (C=O) groups is 1. The van der Waals surface area contributed by atoms with E-state index >= 15 is 0 Å². The molecular weight excluding hydrogens is 176 g/mol. The Labute approximate surface area is 86.3 Å². The maximum absolute atomic E-state index is 11.1. The van der Waals surface area contributed by atoms with E-state index in [0.29, 0.717) is 18.3 Å². The Balaban J connectivity index is 2.70. The van der Waals surface area contributed by atoms with Crippen LogP contribution >= 0.6 is 0 Å². The molecule has 1 heterocycles. The van der Waals surface area contributed by atoms with Gasteiger partial charge in [-0.25, -0.2) is 0 Å². The Morgan fingerprint density at radius 1 is 1.43 bits per heavy atom. The first-order valence-corrected chi connectivity index (χ1v) is 5.34. The minimum Gasteiger partial charge on any atom is -0.371 e. The van der Waals surface area contributed by atoms with E-state index in [9.17, 15) is 4.79 Å². The summed E-state index contributed by atoms with van der Waals surface area (Å²) in [7, 11) is 0. The van der Waals surface area contributed by atoms with Crippen LogP contribution in [0.3, 0.4) is 0 Å². The molecule has 0 amide bonds. The smallest absolute Gasteiger partial charge is 0.130 e. The lowest BCUT2D eigenvalue weighted by molar-refractivity contribution is -0.118. The fourth-order valence-electron chi connectivity index (χ4n) is 2.13. The zero-order chi connectivity index (χ0) is 10.7. The van der Waals surface area contributed by atoms with Crippen LogP contribution in [0.15, 0.2) is 12.2 Å². The zero-order valence-electron chi connectivity index (χ0n) is 9.49. The van der Waals surface area contributed by atoms with Crippen molar-refractivity contribution in [1.29, 1.82) is 0 Å². The van der Waals surface area contributed by atoms with E-state index in [-0.39, 0.29) is 18.0 Å². The van der Waals surface area contributed by atoms with E-state index in [1.807, 2.05) is 13.0 Å². The summed E-state index contributed by atoms with van der Waals surface area (Å²) in [6.07, 6.45) is 5.10. The maximum atomic E-state index is 11.1. The van der Waals surface area contributed by atoms with E-state index in [4.69, 9.17) is 4.74 Å². The first kappa shape index (κ1) is 11.4. The molecule has 2 nitrogen and oxygen atoms in total. The third kappa shape index (κ3) is 2.44. The number of rotatable bonds is 3. The number of allylic oxidation sites excluding steroid dienone is 1. The van der Waals surface area contributed by atoms with Gasteiger partial charge in [0, 0.05) is 12.3 Å². The molecule has 0 bridgehead atoms. The van der Waals surface area contributed by atoms with Gasteiger partial charge in [0.05, 0.1) is 12.2 Å². The van der Waals surface area contributed by atoms with Crippen LogP contribution in [0.25, 0.3) is 0 Å². The van der Waals surface area contributed by atoms with Crippen LogP contribution in [0.1, 0.15) is 34.1 Å². The first-order chi connectivity index (χ1) is 6.56. The van der Waals surface area contributed by atoms with Crippen LogP contribution in [0.5, 0.6) is 0 Å². The van der Waals surface area contributed by atoms with Crippen molar-refractivity contribution in [3.8, 4) is 0 Å². The van der Waals surface area contributed by atoms with Crippen molar-refractivity contribution in [2.75, 3.05) is 0 Å². The highest BCUT2D eigenvalue weighted by atomic mass is 16.5. The third-order valence-electron chi connectivity index (χ3n) is 3.11. The van der Waals surface area contributed by atoms with Crippen LogP contribution in [0.2, 0.25) is 0 Å². The minimum absolute atomic E-state index is 0.133. The fraction of sp³-hybridized carbons (Fsp3) is 0.750. The summed E-state index contributed by atoms with van der Waals surface area (Å²) in [4.78, 5) is 11.1. The van der Waals surface area contributed by atoms with Gasteiger partial charge in [0.25, 0.3) is 0 Å². The number of hydrogen-bond acceptors (Lipinski definition) is 2. The summed E-state index contributed by atoms with van der Waals surface area (Å²) in [5, 5.41) is 0. The van der Waals surface area contributed by atoms with E-state index in [2.05, 4.69) is 19.9 Å². The Morgan fingerprint density at radius 3 is 2.57 bits per heavy atom. The number of Topliss-reactive ketones (excluding diaryl/α,β-unsaturated/α-hetero) is 1. The van der Waals surface area contributed by atoms with Gasteiger partial charge < -0.3 is 9.53 Å². The predicted octanol–water partition coefficient (Wildman–Crippen LogP) is 2.58. The van der Waals surface area contributed by atoms with Crippen molar-refractivity contribution in [2.45, 2.75) is 46.3 Å². The molecule has 0 spiro atoms. The molecule has 0 saturated carbocycles. The molecule has 4 atom stereocenters. The van der Waals surface area contributed by atoms with Crippen LogP contribution in [-0.2, 0) is 9.53 Å². The summed E-state index contributed by atoms with van der Waals surface area (Å²) < 4.78 is 5.79. The first-order valence-electron chi connectivity index (χ1n) is 5.34. The molecular formula is C12H20O2. The zero-order valence-corrected chi connectivity index (χ0v) is 9.49. The SMILES string of the molecule is C/C=C/[C@H]1O[C@H](C)[C@H](C)[C@@H]1CC(C)=O. The molecule has 80 valence electrons. The average molecular weight is 196 g/mol. The lowest BCUT2D eigenvalue weighted by atomic mass is 9.85. The third-order valence-corrected chi connectivity index (χ3v) is 3.11. The number of hydrogen-bond donors (Lipinski definition) is 0. The second kappa shape index (κ2) is 4.74. The van der Waals surface area contributed by atoms with E-state index < -0.39 is 0 Å². The summed E-state index contributed by atoms with van der Waals surface area (Å²) in [6.45, 7) is 7.90. The molecule has 1 fully saturated rings. The van der Waals surface area contributed by atoms with Crippen molar-refractivity contribution in [3.05, 3.63) is 12.2 Å². The van der Waals surface area contributed by atoms with Gasteiger partial charge in [-0.1, -0.05) is 19.1 Å². The van der Waals surface area contributed by atoms with E-state index in [1.165, 1.54) is 0 Å². The number of ketones is 1. The molecule has 0 N–H and O–H groups in total. The molecule has 0 unspecified atom stereocenters. The van der Waals surface area contributed by atoms with Gasteiger partial charge in [-0.2, -0.15) is 0 Å². The van der Waals surface area contributed by atoms with Crippen LogP contribution in [0, 0.1) is 11.8 Å².